The summed E-state index contributed by atoms with van der Waals surface area (Å²) < 4.78 is 5.43. The highest BCUT2D eigenvalue weighted by Gasteiger charge is 2.69. The number of fused-ring (bicyclic) bond motifs is 2. The third kappa shape index (κ3) is 9.32. The van der Waals surface area contributed by atoms with Gasteiger partial charge in [0.1, 0.15) is 18.7 Å². The van der Waals surface area contributed by atoms with Crippen molar-refractivity contribution >= 4 is 35.6 Å². The van der Waals surface area contributed by atoms with E-state index in [0.717, 1.165) is 11.1 Å². The maximum Gasteiger partial charge on any atom is 0.407 e. The molecule has 52 heavy (non-hydrogen) atoms. The Morgan fingerprint density at radius 2 is 1.63 bits per heavy atom. The van der Waals surface area contributed by atoms with Gasteiger partial charge in [-0.15, -0.1) is 6.58 Å². The minimum atomic E-state index is -1.05. The molecule has 0 aromatic heterocycles. The van der Waals surface area contributed by atoms with Gasteiger partial charge in [0.2, 0.25) is 17.6 Å². The van der Waals surface area contributed by atoms with Crippen molar-refractivity contribution in [3.63, 3.8) is 0 Å². The molecule has 3 aliphatic rings. The molecule has 0 spiro atoms. The Bertz CT molecular complexity index is 1510. The zero-order valence-corrected chi connectivity index (χ0v) is 32.0. The Hall–Kier alpha value is -4.42. The van der Waals surface area contributed by atoms with Crippen molar-refractivity contribution in [3.8, 4) is 0 Å². The normalized spacial score (nSPS) is 21.9. The molecule has 2 fully saturated rings. The second-order valence-electron chi connectivity index (χ2n) is 16.5. The smallest absolute Gasteiger partial charge is 0.407 e. The lowest BCUT2D eigenvalue weighted by Gasteiger charge is -2.36. The fourth-order valence-corrected chi connectivity index (χ4v) is 7.71. The third-order valence-electron chi connectivity index (χ3n) is 10.8. The summed E-state index contributed by atoms with van der Waals surface area (Å²) in [6.45, 7) is 19.3. The van der Waals surface area contributed by atoms with E-state index in [2.05, 4.69) is 47.0 Å². The third-order valence-corrected chi connectivity index (χ3v) is 10.8. The van der Waals surface area contributed by atoms with Gasteiger partial charge in [-0.25, -0.2) is 9.59 Å². The molecule has 1 aromatic rings. The molecule has 1 heterocycles. The molecule has 5 N–H and O–H groups in total. The number of carbonyl (C=O) groups excluding carboxylic acids is 6. The molecule has 1 aliphatic heterocycles. The number of ketones is 1. The number of piperidine rings is 1. The minimum Gasteiger partial charge on any atom is -0.447 e. The van der Waals surface area contributed by atoms with E-state index in [-0.39, 0.29) is 54.7 Å². The van der Waals surface area contributed by atoms with Crippen LogP contribution < -0.4 is 26.6 Å². The first kappa shape index (κ1) is 40.4. The molecule has 4 rings (SSSR count). The summed E-state index contributed by atoms with van der Waals surface area (Å²) >= 11 is 0. The SMILES string of the molecule is C=CCNC(=O)C(=O)C(CCC)NC(=O)[C@@H]1[C@@H]2[C@H](CN1C(=O)[C@@H](NC(=O)N[C@H](COC(=O)NC(C)C)C(C)(C)C)C1Cc3ccccc3C1)C2(C)C. The predicted molar refractivity (Wildman–Crippen MR) is 197 cm³/mol. The molecular formula is C39H58N6O7. The average molecular weight is 723 g/mol. The Balaban J connectivity index is 1.58. The molecule has 1 aromatic carbocycles. The van der Waals surface area contributed by atoms with E-state index in [1.54, 1.807) is 4.90 Å². The fraction of sp³-hybridized carbons (Fsp3) is 0.641. The van der Waals surface area contributed by atoms with E-state index in [1.165, 1.54) is 6.08 Å². The molecule has 2 aliphatic carbocycles. The molecule has 1 saturated carbocycles. The quantitative estimate of drug-likeness (QED) is 0.136. The van der Waals surface area contributed by atoms with Crippen LogP contribution in [0.4, 0.5) is 9.59 Å². The van der Waals surface area contributed by atoms with Crippen molar-refractivity contribution in [2.45, 2.75) is 111 Å². The van der Waals surface area contributed by atoms with E-state index < -0.39 is 59.3 Å². The van der Waals surface area contributed by atoms with Crippen LogP contribution in [-0.2, 0) is 36.8 Å². The minimum absolute atomic E-state index is 0.0538. The maximum atomic E-state index is 14.8. The van der Waals surface area contributed by atoms with Gasteiger partial charge in [-0.1, -0.05) is 78.3 Å². The van der Waals surface area contributed by atoms with Crippen LogP contribution >= 0.6 is 0 Å². The zero-order chi connectivity index (χ0) is 38.5. The van der Waals surface area contributed by atoms with Crippen LogP contribution in [0.3, 0.4) is 0 Å². The Morgan fingerprint density at radius 3 is 2.19 bits per heavy atom. The van der Waals surface area contributed by atoms with Gasteiger partial charge in [0.05, 0.1) is 12.1 Å². The number of carbonyl (C=O) groups is 6. The lowest BCUT2D eigenvalue weighted by Crippen LogP contribution is -2.61. The lowest BCUT2D eigenvalue weighted by molar-refractivity contribution is -0.144. The van der Waals surface area contributed by atoms with E-state index in [9.17, 15) is 28.8 Å². The number of nitrogens with zero attached hydrogens (tertiary/aromatic N) is 1. The number of likely N-dealkylation sites (tertiary alicyclic amines) is 1. The van der Waals surface area contributed by atoms with E-state index in [1.807, 2.05) is 65.8 Å². The van der Waals surface area contributed by atoms with Crippen LogP contribution in [0.15, 0.2) is 36.9 Å². The van der Waals surface area contributed by atoms with Crippen molar-refractivity contribution in [3.05, 3.63) is 48.0 Å². The topological polar surface area (TPSA) is 175 Å². The first-order valence-electron chi connectivity index (χ1n) is 18.5. The Labute approximate surface area is 307 Å². The number of urea groups is 1. The summed E-state index contributed by atoms with van der Waals surface area (Å²) in [6.07, 6.45) is 2.79. The van der Waals surface area contributed by atoms with Gasteiger partial charge in [-0.2, -0.15) is 0 Å². The van der Waals surface area contributed by atoms with Gasteiger partial charge < -0.3 is 36.2 Å². The molecule has 1 saturated heterocycles. The maximum absolute atomic E-state index is 14.8. The predicted octanol–water partition coefficient (Wildman–Crippen LogP) is 3.26. The molecule has 6 atom stereocenters. The van der Waals surface area contributed by atoms with Gasteiger partial charge in [0, 0.05) is 19.1 Å². The summed E-state index contributed by atoms with van der Waals surface area (Å²) in [5, 5.41) is 13.9. The van der Waals surface area contributed by atoms with Crippen molar-refractivity contribution in [1.82, 2.24) is 31.5 Å². The number of nitrogens with one attached hydrogen (secondary N) is 5. The van der Waals surface area contributed by atoms with Crippen LogP contribution in [0.25, 0.3) is 0 Å². The second kappa shape index (κ2) is 16.5. The van der Waals surface area contributed by atoms with Crippen molar-refractivity contribution in [2.75, 3.05) is 19.7 Å². The summed E-state index contributed by atoms with van der Waals surface area (Å²) in [5.74, 6) is -2.81. The molecular weight excluding hydrogens is 664 g/mol. The van der Waals surface area contributed by atoms with Crippen LogP contribution in [-0.4, -0.2) is 90.4 Å². The van der Waals surface area contributed by atoms with Crippen molar-refractivity contribution < 1.29 is 33.5 Å². The molecule has 0 bridgehead atoms. The number of benzene rings is 1. The molecule has 6 amide bonds. The van der Waals surface area contributed by atoms with Gasteiger partial charge in [-0.05, 0) is 72.8 Å². The second-order valence-corrected chi connectivity index (χ2v) is 16.5. The number of rotatable bonds is 15. The van der Waals surface area contributed by atoms with Crippen molar-refractivity contribution in [1.29, 1.82) is 0 Å². The van der Waals surface area contributed by atoms with E-state index >= 15 is 0 Å². The van der Waals surface area contributed by atoms with Crippen LogP contribution in [0.2, 0.25) is 0 Å². The monoisotopic (exact) mass is 722 g/mol. The molecule has 286 valence electrons. The van der Waals surface area contributed by atoms with Gasteiger partial charge in [0.25, 0.3) is 5.91 Å². The first-order valence-corrected chi connectivity index (χ1v) is 18.5. The highest BCUT2D eigenvalue weighted by molar-refractivity contribution is 6.38. The van der Waals surface area contributed by atoms with Crippen LogP contribution in [0.5, 0.6) is 0 Å². The van der Waals surface area contributed by atoms with E-state index in [0.29, 0.717) is 25.8 Å². The first-order chi connectivity index (χ1) is 24.4. The lowest BCUT2D eigenvalue weighted by atomic mass is 9.87. The molecule has 13 heteroatoms. The summed E-state index contributed by atoms with van der Waals surface area (Å²) in [4.78, 5) is 82.2. The molecule has 0 radical (unpaired) electrons. The molecule has 13 nitrogen and oxygen atoms in total. The van der Waals surface area contributed by atoms with Crippen LogP contribution in [0.1, 0.15) is 79.4 Å². The summed E-state index contributed by atoms with van der Waals surface area (Å²) in [5.41, 5.74) is 1.48. The summed E-state index contributed by atoms with van der Waals surface area (Å²) in [6, 6.07) is 3.72. The standard InChI is InChI=1S/C39H58N6O7/c1-10-14-27(32(46)34(48)40-17-11-2)42-33(47)31-29-26(39(29,8)9)20-45(31)35(49)30(25-18-23-15-12-13-16-24(23)19-25)44-36(50)43-28(38(5,6)7)21-52-37(51)41-22(3)4/h11-13,15-16,22,25-31H,2,10,14,17-21H2,1,3-9H3,(H,40,48)(H,41,51)(H,42,47)(H2,43,44,50)/t26-,27?,28+,29-,30-,31-/m0/s1. The average Bonchev–Trinajstić information content (AvgIpc) is 3.42. The largest absolute Gasteiger partial charge is 0.447 e. The zero-order valence-electron chi connectivity index (χ0n) is 32.0. The fourth-order valence-electron chi connectivity index (χ4n) is 7.71. The highest BCUT2D eigenvalue weighted by atomic mass is 16.5. The number of alkyl carbamates (subject to hydrolysis) is 1. The molecule has 1 unspecified atom stereocenters. The number of hydrogen-bond donors (Lipinski definition) is 5. The van der Waals surface area contributed by atoms with E-state index in [4.69, 9.17) is 4.74 Å². The number of Topliss-reactive ketones (excluding diaryl/α,β-unsaturated/α-hetero) is 1. The van der Waals surface area contributed by atoms with Gasteiger partial charge >= 0.3 is 12.1 Å². The van der Waals surface area contributed by atoms with Gasteiger partial charge in [0.15, 0.2) is 0 Å². The van der Waals surface area contributed by atoms with Crippen molar-refractivity contribution in [2.24, 2.45) is 28.6 Å². The Morgan fingerprint density at radius 1 is 1.00 bits per heavy atom. The highest BCUT2D eigenvalue weighted by Crippen LogP contribution is 2.65. The number of hydrogen-bond acceptors (Lipinski definition) is 7. The Kier molecular flexibility index (Phi) is 12.8. The number of ether oxygens (including phenoxy) is 1. The summed E-state index contributed by atoms with van der Waals surface area (Å²) in [7, 11) is 0. The number of amides is 6. The van der Waals surface area contributed by atoms with Gasteiger partial charge in [-0.3, -0.25) is 19.2 Å². The van der Waals surface area contributed by atoms with Crippen LogP contribution in [0, 0.1) is 28.6 Å².